The Morgan fingerprint density at radius 3 is 2.48 bits per heavy atom. The minimum Gasteiger partial charge on any atom is -0.351 e. The Bertz CT molecular complexity index is 1060. The Kier molecular flexibility index (Phi) is 5.33. The Morgan fingerprint density at radius 1 is 1.07 bits per heavy atom. The number of likely N-dealkylation sites (tertiary alicyclic amines) is 1. The fourth-order valence-electron chi connectivity index (χ4n) is 4.31. The predicted molar refractivity (Wildman–Crippen MR) is 116 cm³/mol. The molecule has 29 heavy (non-hydrogen) atoms. The van der Waals surface area contributed by atoms with Gasteiger partial charge >= 0.3 is 0 Å². The van der Waals surface area contributed by atoms with Crippen molar-refractivity contribution in [1.29, 1.82) is 5.26 Å². The van der Waals surface area contributed by atoms with E-state index in [2.05, 4.69) is 47.6 Å². The van der Waals surface area contributed by atoms with Crippen molar-refractivity contribution < 1.29 is 4.79 Å². The van der Waals surface area contributed by atoms with Crippen molar-refractivity contribution >= 4 is 16.7 Å². The van der Waals surface area contributed by atoms with E-state index in [1.807, 2.05) is 36.4 Å². The molecule has 3 aromatic carbocycles. The lowest BCUT2D eigenvalue weighted by atomic mass is 9.72. The number of amides is 1. The number of nitriles is 1. The summed E-state index contributed by atoms with van der Waals surface area (Å²) in [4.78, 5) is 15.5. The second-order valence-electron chi connectivity index (χ2n) is 7.99. The molecule has 1 N–H and O–H groups in total. The first-order valence-electron chi connectivity index (χ1n) is 10.1. The van der Waals surface area contributed by atoms with Crippen LogP contribution < -0.4 is 5.32 Å². The normalized spacial score (nSPS) is 16.3. The van der Waals surface area contributed by atoms with Gasteiger partial charge in [-0.25, -0.2) is 0 Å². The summed E-state index contributed by atoms with van der Waals surface area (Å²) in [6.45, 7) is 2.62. The van der Waals surface area contributed by atoms with E-state index >= 15 is 0 Å². The summed E-state index contributed by atoms with van der Waals surface area (Å²) in [7, 11) is 2.15. The molecule has 0 radical (unpaired) electrons. The van der Waals surface area contributed by atoms with E-state index in [1.165, 1.54) is 5.56 Å². The van der Waals surface area contributed by atoms with Gasteiger partial charge in [-0.05, 0) is 61.4 Å². The van der Waals surface area contributed by atoms with Gasteiger partial charge in [-0.3, -0.25) is 4.79 Å². The molecular weight excluding hydrogens is 358 g/mol. The monoisotopic (exact) mass is 383 g/mol. The van der Waals surface area contributed by atoms with Gasteiger partial charge in [0.05, 0.1) is 11.6 Å². The number of hydrogen-bond donors (Lipinski definition) is 1. The van der Waals surface area contributed by atoms with Crippen LogP contribution in [0, 0.1) is 11.3 Å². The molecule has 0 aromatic heterocycles. The van der Waals surface area contributed by atoms with Gasteiger partial charge in [-0.15, -0.1) is 0 Å². The van der Waals surface area contributed by atoms with Crippen LogP contribution in [0.4, 0.5) is 0 Å². The minimum atomic E-state index is -0.118. The number of fused-ring (bicyclic) bond motifs is 1. The predicted octanol–water partition coefficient (Wildman–Crippen LogP) is 4.10. The summed E-state index contributed by atoms with van der Waals surface area (Å²) in [5, 5.41) is 14.4. The zero-order valence-electron chi connectivity index (χ0n) is 16.7. The third-order valence-electron chi connectivity index (χ3n) is 6.15. The van der Waals surface area contributed by atoms with Crippen LogP contribution in [0.1, 0.15) is 34.3 Å². The molecule has 1 amide bonds. The van der Waals surface area contributed by atoms with Crippen molar-refractivity contribution in [1.82, 2.24) is 10.2 Å². The molecule has 1 heterocycles. The van der Waals surface area contributed by atoms with Crippen molar-refractivity contribution in [3.05, 3.63) is 83.4 Å². The number of piperidine rings is 1. The van der Waals surface area contributed by atoms with E-state index in [0.29, 0.717) is 17.7 Å². The molecule has 1 fully saturated rings. The number of nitrogens with zero attached hydrogens (tertiary/aromatic N) is 2. The maximum absolute atomic E-state index is 13.2. The summed E-state index contributed by atoms with van der Waals surface area (Å²) in [6.07, 6.45) is 2.01. The molecule has 1 saturated heterocycles. The van der Waals surface area contributed by atoms with Crippen molar-refractivity contribution in [2.45, 2.75) is 18.3 Å². The summed E-state index contributed by atoms with van der Waals surface area (Å²) >= 11 is 0. The van der Waals surface area contributed by atoms with E-state index < -0.39 is 0 Å². The Labute approximate surface area is 171 Å². The quantitative estimate of drug-likeness (QED) is 0.738. The number of rotatable bonds is 4. The van der Waals surface area contributed by atoms with Crippen LogP contribution >= 0.6 is 0 Å². The second-order valence-corrected chi connectivity index (χ2v) is 7.99. The van der Waals surface area contributed by atoms with Crippen LogP contribution in [-0.2, 0) is 5.41 Å². The summed E-state index contributed by atoms with van der Waals surface area (Å²) in [5.74, 6) is -0.118. The maximum Gasteiger partial charge on any atom is 0.251 e. The number of benzene rings is 3. The molecule has 0 bridgehead atoms. The third-order valence-corrected chi connectivity index (χ3v) is 6.15. The van der Waals surface area contributed by atoms with E-state index in [-0.39, 0.29) is 11.3 Å². The van der Waals surface area contributed by atoms with Crippen molar-refractivity contribution in [3.8, 4) is 6.07 Å². The number of carbonyl (C=O) groups excluding carboxylic acids is 1. The van der Waals surface area contributed by atoms with Crippen LogP contribution in [0.3, 0.4) is 0 Å². The molecule has 4 heteroatoms. The average Bonchev–Trinajstić information content (AvgIpc) is 2.78. The Morgan fingerprint density at radius 2 is 1.76 bits per heavy atom. The van der Waals surface area contributed by atoms with Gasteiger partial charge < -0.3 is 10.2 Å². The smallest absolute Gasteiger partial charge is 0.251 e. The largest absolute Gasteiger partial charge is 0.351 e. The van der Waals surface area contributed by atoms with Gasteiger partial charge in [0.2, 0.25) is 0 Å². The van der Waals surface area contributed by atoms with E-state index in [4.69, 9.17) is 0 Å². The third kappa shape index (κ3) is 3.87. The lowest BCUT2D eigenvalue weighted by Gasteiger charge is -2.41. The van der Waals surface area contributed by atoms with Gasteiger partial charge in [-0.2, -0.15) is 5.26 Å². The zero-order chi connectivity index (χ0) is 20.3. The lowest BCUT2D eigenvalue weighted by Crippen LogP contribution is -2.48. The van der Waals surface area contributed by atoms with Crippen LogP contribution in [0.2, 0.25) is 0 Å². The molecule has 4 nitrogen and oxygen atoms in total. The van der Waals surface area contributed by atoms with Crippen molar-refractivity contribution in [2.24, 2.45) is 0 Å². The van der Waals surface area contributed by atoms with Crippen LogP contribution in [0.25, 0.3) is 10.8 Å². The van der Waals surface area contributed by atoms with Crippen molar-refractivity contribution in [3.63, 3.8) is 0 Å². The Hall–Kier alpha value is -3.16. The highest BCUT2D eigenvalue weighted by Gasteiger charge is 2.35. The van der Waals surface area contributed by atoms with E-state index in [1.54, 1.807) is 6.07 Å². The standard InChI is InChI=1S/C25H25N3O/c1-28-13-11-25(12-14-28,21-8-3-2-4-9-21)18-27-24(29)23-16-19(17-26)15-20-7-5-6-10-22(20)23/h2-10,15-16H,11-14,18H2,1H3,(H,27,29). The second kappa shape index (κ2) is 8.06. The lowest BCUT2D eigenvalue weighted by molar-refractivity contribution is 0.0929. The molecule has 146 valence electrons. The minimum absolute atomic E-state index is 0.0634. The van der Waals surface area contributed by atoms with E-state index in [0.717, 1.165) is 36.7 Å². The summed E-state index contributed by atoms with van der Waals surface area (Å²) in [5.41, 5.74) is 2.29. The first-order chi connectivity index (χ1) is 14.1. The molecule has 1 aliphatic heterocycles. The molecule has 0 spiro atoms. The fourth-order valence-corrected chi connectivity index (χ4v) is 4.31. The van der Waals surface area contributed by atoms with Gasteiger partial charge in [-0.1, -0.05) is 54.6 Å². The highest BCUT2D eigenvalue weighted by atomic mass is 16.1. The van der Waals surface area contributed by atoms with E-state index in [9.17, 15) is 10.1 Å². The van der Waals surface area contributed by atoms with Gasteiger partial charge in [0.15, 0.2) is 0 Å². The number of nitrogens with one attached hydrogen (secondary N) is 1. The van der Waals surface area contributed by atoms with Gasteiger partial charge in [0.25, 0.3) is 5.91 Å². The topological polar surface area (TPSA) is 56.1 Å². The van der Waals surface area contributed by atoms with Gasteiger partial charge in [0, 0.05) is 17.5 Å². The maximum atomic E-state index is 13.2. The molecule has 0 atom stereocenters. The number of hydrogen-bond acceptors (Lipinski definition) is 3. The fraction of sp³-hybridized carbons (Fsp3) is 0.280. The molecular formula is C25H25N3O. The van der Waals surface area contributed by atoms with Gasteiger partial charge in [0.1, 0.15) is 0 Å². The highest BCUT2D eigenvalue weighted by molar-refractivity contribution is 6.07. The molecule has 1 aliphatic rings. The first kappa shape index (κ1) is 19.2. The number of carbonyl (C=O) groups is 1. The van der Waals surface area contributed by atoms with Crippen LogP contribution in [0.15, 0.2) is 66.7 Å². The first-order valence-corrected chi connectivity index (χ1v) is 10.1. The molecule has 4 rings (SSSR count). The SMILES string of the molecule is CN1CCC(CNC(=O)c2cc(C#N)cc3ccccc23)(c2ccccc2)CC1. The zero-order valence-corrected chi connectivity index (χ0v) is 16.7. The Balaban J connectivity index is 1.63. The molecule has 0 unspecified atom stereocenters. The van der Waals surface area contributed by atoms with Crippen molar-refractivity contribution in [2.75, 3.05) is 26.7 Å². The molecule has 0 aliphatic carbocycles. The summed E-state index contributed by atoms with van der Waals surface area (Å²) < 4.78 is 0. The average molecular weight is 383 g/mol. The molecule has 0 saturated carbocycles. The highest BCUT2D eigenvalue weighted by Crippen LogP contribution is 2.35. The summed E-state index contributed by atoms with van der Waals surface area (Å²) in [6, 6.07) is 23.9. The van der Waals surface area contributed by atoms with Crippen LogP contribution in [-0.4, -0.2) is 37.5 Å². The van der Waals surface area contributed by atoms with Crippen LogP contribution in [0.5, 0.6) is 0 Å². The molecule has 3 aromatic rings.